The van der Waals surface area contributed by atoms with Crippen LogP contribution in [0.5, 0.6) is 0 Å². The summed E-state index contributed by atoms with van der Waals surface area (Å²) in [5, 5.41) is 0. The van der Waals surface area contributed by atoms with Crippen molar-refractivity contribution in [1.29, 1.82) is 0 Å². The fourth-order valence-corrected chi connectivity index (χ4v) is 0.956. The van der Waals surface area contributed by atoms with E-state index >= 15 is 0 Å². The van der Waals surface area contributed by atoms with Crippen molar-refractivity contribution in [3.8, 4) is 0 Å². The average Bonchev–Trinajstić information content (AvgIpc) is 2.09. The summed E-state index contributed by atoms with van der Waals surface area (Å²) in [7, 11) is 0. The molecule has 14 heavy (non-hydrogen) atoms. The number of hydrogen-bond donors (Lipinski definition) is 0. The molecule has 0 heterocycles. The maximum atomic E-state index is 12.7. The van der Waals surface area contributed by atoms with E-state index in [9.17, 15) is 26.3 Å². The zero-order valence-corrected chi connectivity index (χ0v) is 6.63. The van der Waals surface area contributed by atoms with Gasteiger partial charge in [-0.2, -0.15) is 0 Å². The predicted octanol–water partition coefficient (Wildman–Crippen LogP) is 3.05. The molecule has 0 aromatic heterocycles. The lowest BCUT2D eigenvalue weighted by atomic mass is 10.1. The zero-order valence-electron chi connectivity index (χ0n) is 6.63. The van der Waals surface area contributed by atoms with Crippen LogP contribution >= 0.6 is 0 Å². The van der Waals surface area contributed by atoms with Gasteiger partial charge in [0.05, 0.1) is 0 Å². The van der Waals surface area contributed by atoms with Crippen molar-refractivity contribution in [2.24, 2.45) is 0 Å². The van der Waals surface area contributed by atoms with Crippen molar-refractivity contribution in [1.82, 2.24) is 0 Å². The summed E-state index contributed by atoms with van der Waals surface area (Å²) in [5.41, 5.74) is -1.27. The van der Waals surface area contributed by atoms with Gasteiger partial charge in [-0.15, -0.1) is 0 Å². The minimum absolute atomic E-state index is 0.0281. The first kappa shape index (κ1) is 10.9. The third-order valence-corrected chi connectivity index (χ3v) is 1.56. The van der Waals surface area contributed by atoms with Gasteiger partial charge in [-0.3, -0.25) is 0 Å². The summed E-state index contributed by atoms with van der Waals surface area (Å²) < 4.78 is 73.8. The Hall–Kier alpha value is -1.20. The summed E-state index contributed by atoms with van der Waals surface area (Å²) in [6, 6.07) is -0.0281. The van der Waals surface area contributed by atoms with Crippen LogP contribution in [0.3, 0.4) is 0 Å². The Morgan fingerprint density at radius 1 is 0.929 bits per heavy atom. The van der Waals surface area contributed by atoms with Crippen molar-refractivity contribution >= 4 is 0 Å². The van der Waals surface area contributed by atoms with Crippen LogP contribution in [-0.2, 0) is 6.42 Å². The molecule has 0 aliphatic rings. The highest BCUT2D eigenvalue weighted by molar-refractivity contribution is 5.23. The monoisotopic (exact) mass is 214 g/mol. The highest BCUT2D eigenvalue weighted by atomic mass is 19.3. The second-order valence-corrected chi connectivity index (χ2v) is 2.54. The quantitative estimate of drug-likeness (QED) is 0.524. The summed E-state index contributed by atoms with van der Waals surface area (Å²) in [6.45, 7) is 0. The third-order valence-electron chi connectivity index (χ3n) is 1.56. The number of halogens is 6. The number of benzene rings is 1. The average molecular weight is 214 g/mol. The van der Waals surface area contributed by atoms with Gasteiger partial charge in [-0.25, -0.2) is 26.3 Å². The van der Waals surface area contributed by atoms with Gasteiger partial charge < -0.3 is 0 Å². The molecule has 0 amide bonds. The molecule has 0 radical (unpaired) electrons. The maximum Gasteiger partial charge on any atom is 0.242 e. The summed E-state index contributed by atoms with van der Waals surface area (Å²) in [6.07, 6.45) is -4.42. The van der Waals surface area contributed by atoms with Gasteiger partial charge in [0.2, 0.25) is 6.43 Å². The molecule has 0 saturated carbocycles. The Morgan fingerprint density at radius 2 is 1.36 bits per heavy atom. The smallest absolute Gasteiger partial charge is 0.210 e. The molecule has 0 unspecified atom stereocenters. The highest BCUT2D eigenvalue weighted by Crippen LogP contribution is 2.21. The van der Waals surface area contributed by atoms with E-state index in [-0.39, 0.29) is 6.07 Å². The Balaban J connectivity index is 3.25. The molecule has 1 rings (SSSR count). The molecule has 0 spiro atoms. The predicted molar refractivity (Wildman–Crippen MR) is 36.0 cm³/mol. The Bertz CT molecular complexity index is 320. The standard InChI is InChI=1S/C8H4F6/c9-4-2-5(10)8(14)3(7(4)13)1-6(11)12/h2,6H,1H2. The second-order valence-electron chi connectivity index (χ2n) is 2.54. The van der Waals surface area contributed by atoms with E-state index in [0.29, 0.717) is 0 Å². The van der Waals surface area contributed by atoms with Crippen LogP contribution in [-0.4, -0.2) is 6.43 Å². The molecule has 78 valence electrons. The molecule has 0 aliphatic carbocycles. The van der Waals surface area contributed by atoms with Gasteiger partial charge in [-0.05, 0) is 0 Å². The summed E-state index contributed by atoms with van der Waals surface area (Å²) in [4.78, 5) is 0. The first-order valence-corrected chi connectivity index (χ1v) is 3.53. The number of alkyl halides is 2. The van der Waals surface area contributed by atoms with Crippen molar-refractivity contribution in [3.63, 3.8) is 0 Å². The first-order valence-electron chi connectivity index (χ1n) is 3.53. The molecule has 1 aromatic carbocycles. The lowest BCUT2D eigenvalue weighted by Gasteiger charge is -2.05. The third kappa shape index (κ3) is 2.00. The van der Waals surface area contributed by atoms with E-state index in [1.165, 1.54) is 0 Å². The molecule has 0 saturated heterocycles. The zero-order chi connectivity index (χ0) is 10.9. The second kappa shape index (κ2) is 3.89. The molecule has 0 nitrogen and oxygen atoms in total. The molecule has 6 heteroatoms. The minimum Gasteiger partial charge on any atom is -0.210 e. The Labute approximate surface area is 75.2 Å². The van der Waals surface area contributed by atoms with Gasteiger partial charge in [0.1, 0.15) is 0 Å². The van der Waals surface area contributed by atoms with Crippen LogP contribution < -0.4 is 0 Å². The normalized spacial score (nSPS) is 11.1. The number of hydrogen-bond acceptors (Lipinski definition) is 0. The van der Waals surface area contributed by atoms with Crippen LogP contribution in [0.2, 0.25) is 0 Å². The van der Waals surface area contributed by atoms with Crippen LogP contribution in [0, 0.1) is 23.3 Å². The van der Waals surface area contributed by atoms with Crippen molar-refractivity contribution in [2.75, 3.05) is 0 Å². The van der Waals surface area contributed by atoms with E-state index in [2.05, 4.69) is 0 Å². The highest BCUT2D eigenvalue weighted by Gasteiger charge is 2.21. The van der Waals surface area contributed by atoms with Crippen LogP contribution in [0.1, 0.15) is 5.56 Å². The van der Waals surface area contributed by atoms with Crippen molar-refractivity contribution < 1.29 is 26.3 Å². The van der Waals surface area contributed by atoms with Gasteiger partial charge in [0.25, 0.3) is 0 Å². The Kier molecular flexibility index (Phi) is 3.03. The minimum atomic E-state index is -3.07. The van der Waals surface area contributed by atoms with E-state index in [1.54, 1.807) is 0 Å². The molecule has 0 atom stereocenters. The van der Waals surface area contributed by atoms with Crippen LogP contribution in [0.15, 0.2) is 6.07 Å². The van der Waals surface area contributed by atoms with Crippen LogP contribution in [0.4, 0.5) is 26.3 Å². The topological polar surface area (TPSA) is 0 Å². The summed E-state index contributed by atoms with van der Waals surface area (Å²) in [5.74, 6) is -6.91. The van der Waals surface area contributed by atoms with Crippen molar-refractivity contribution in [3.05, 3.63) is 34.9 Å². The van der Waals surface area contributed by atoms with E-state index in [4.69, 9.17) is 0 Å². The van der Waals surface area contributed by atoms with Crippen LogP contribution in [0.25, 0.3) is 0 Å². The lowest BCUT2D eigenvalue weighted by Crippen LogP contribution is -2.07. The fraction of sp³-hybridized carbons (Fsp3) is 0.250. The fourth-order valence-electron chi connectivity index (χ4n) is 0.956. The molecule has 0 bridgehead atoms. The largest absolute Gasteiger partial charge is 0.242 e. The molecule has 0 N–H and O–H groups in total. The van der Waals surface area contributed by atoms with E-state index < -0.39 is 41.7 Å². The molecule has 0 aliphatic heterocycles. The Morgan fingerprint density at radius 3 is 1.71 bits per heavy atom. The molecular weight excluding hydrogens is 210 g/mol. The van der Waals surface area contributed by atoms with Gasteiger partial charge in [0, 0.05) is 18.1 Å². The molecular formula is C8H4F6. The summed E-state index contributed by atoms with van der Waals surface area (Å²) >= 11 is 0. The van der Waals surface area contributed by atoms with Gasteiger partial charge >= 0.3 is 0 Å². The maximum absolute atomic E-state index is 12.7. The van der Waals surface area contributed by atoms with Crippen molar-refractivity contribution in [2.45, 2.75) is 12.8 Å². The van der Waals surface area contributed by atoms with E-state index in [0.717, 1.165) is 0 Å². The molecule has 0 fully saturated rings. The van der Waals surface area contributed by atoms with E-state index in [1.807, 2.05) is 0 Å². The SMILES string of the molecule is Fc1cc(F)c(F)c(CC(F)F)c1F. The van der Waals surface area contributed by atoms with Gasteiger partial charge in [-0.1, -0.05) is 0 Å². The van der Waals surface area contributed by atoms with Gasteiger partial charge in [0.15, 0.2) is 23.3 Å². The number of rotatable bonds is 2. The first-order chi connectivity index (χ1) is 6.43. The lowest BCUT2D eigenvalue weighted by molar-refractivity contribution is 0.145. The molecule has 1 aromatic rings.